The fourth-order valence-electron chi connectivity index (χ4n) is 1.71. The molecule has 0 atom stereocenters. The number of benzene rings is 1. The maximum absolute atomic E-state index is 13.2. The molecule has 0 aliphatic carbocycles. The minimum atomic E-state index is -0.539. The van der Waals surface area contributed by atoms with Gasteiger partial charge < -0.3 is 9.72 Å². The van der Waals surface area contributed by atoms with Crippen molar-refractivity contribution in [2.75, 3.05) is 7.11 Å². The van der Waals surface area contributed by atoms with Gasteiger partial charge in [0.15, 0.2) is 0 Å². The van der Waals surface area contributed by atoms with Crippen molar-refractivity contribution in [1.82, 2.24) is 9.97 Å². The lowest BCUT2D eigenvalue weighted by Gasteiger charge is -2.08. The Kier molecular flexibility index (Phi) is 4.29. The van der Waals surface area contributed by atoms with E-state index in [4.69, 9.17) is 12.2 Å². The first-order chi connectivity index (χ1) is 9.43. The number of rotatable bonds is 2. The number of methoxy groups -OCH3 is 1. The molecule has 2 rings (SSSR count). The van der Waals surface area contributed by atoms with Crippen LogP contribution in [0.1, 0.15) is 16.1 Å². The van der Waals surface area contributed by atoms with Gasteiger partial charge in [0.2, 0.25) is 0 Å². The van der Waals surface area contributed by atoms with Crippen LogP contribution < -0.4 is 0 Å². The lowest BCUT2D eigenvalue weighted by Crippen LogP contribution is -2.08. The summed E-state index contributed by atoms with van der Waals surface area (Å²) in [5.74, 6) is -0.445. The molecule has 7 heteroatoms. The van der Waals surface area contributed by atoms with Crippen molar-refractivity contribution in [1.29, 1.82) is 0 Å². The van der Waals surface area contributed by atoms with Gasteiger partial charge in [0, 0.05) is 11.3 Å². The van der Waals surface area contributed by atoms with E-state index in [1.807, 2.05) is 0 Å². The van der Waals surface area contributed by atoms with Crippen molar-refractivity contribution < 1.29 is 13.9 Å². The number of hydrogen-bond donors (Lipinski definition) is 1. The average Bonchev–Trinajstić information content (AvgIpc) is 2.40. The highest BCUT2D eigenvalue weighted by molar-refractivity contribution is 9.10. The Balaban J connectivity index is 2.57. The first kappa shape index (κ1) is 14.8. The SMILES string of the molecule is COC(=O)c1c(C)[nH]c(-c2ccc(F)c(Br)c2)nc1=S. The molecule has 0 saturated carbocycles. The zero-order valence-corrected chi connectivity index (χ0v) is 13.1. The molecule has 4 nitrogen and oxygen atoms in total. The third-order valence-corrected chi connectivity index (χ3v) is 3.59. The second-order valence-corrected chi connectivity index (χ2v) is 5.25. The molecule has 104 valence electrons. The molecular weight excluding hydrogens is 347 g/mol. The molecule has 0 unspecified atom stereocenters. The van der Waals surface area contributed by atoms with Gasteiger partial charge in [0.1, 0.15) is 21.8 Å². The van der Waals surface area contributed by atoms with Crippen LogP contribution in [0.25, 0.3) is 11.4 Å². The Hall–Kier alpha value is -1.60. The van der Waals surface area contributed by atoms with Gasteiger partial charge in [-0.05, 0) is 41.1 Å². The summed E-state index contributed by atoms with van der Waals surface area (Å²) in [4.78, 5) is 18.7. The molecule has 1 N–H and O–H groups in total. The molecule has 2 aromatic rings. The molecule has 1 aromatic carbocycles. The molecule has 0 fully saturated rings. The summed E-state index contributed by atoms with van der Waals surface area (Å²) < 4.78 is 18.4. The van der Waals surface area contributed by atoms with E-state index < -0.39 is 5.97 Å². The minimum absolute atomic E-state index is 0.142. The Labute approximate surface area is 128 Å². The van der Waals surface area contributed by atoms with Crippen LogP contribution in [0.2, 0.25) is 0 Å². The predicted molar refractivity (Wildman–Crippen MR) is 78.6 cm³/mol. The van der Waals surface area contributed by atoms with E-state index in [1.165, 1.54) is 13.2 Å². The van der Waals surface area contributed by atoms with Gasteiger partial charge in [0.25, 0.3) is 0 Å². The number of nitrogens with one attached hydrogen (secondary N) is 1. The van der Waals surface area contributed by atoms with E-state index in [0.29, 0.717) is 21.6 Å². The number of esters is 1. The normalized spacial score (nSPS) is 10.4. The Morgan fingerprint density at radius 2 is 2.20 bits per heavy atom. The molecular formula is C13H10BrFN2O2S. The standard InChI is InChI=1S/C13H10BrFN2O2S/c1-6-10(13(18)19-2)12(20)17-11(16-6)7-3-4-9(15)8(14)5-7/h3-5H,1-2H3,(H,16,17,20). The maximum Gasteiger partial charge on any atom is 0.342 e. The number of hydrogen-bond acceptors (Lipinski definition) is 4. The van der Waals surface area contributed by atoms with Gasteiger partial charge in [-0.25, -0.2) is 14.2 Å². The predicted octanol–water partition coefficient (Wildman–Crippen LogP) is 3.80. The van der Waals surface area contributed by atoms with Crippen LogP contribution in [0.15, 0.2) is 22.7 Å². The number of halogens is 2. The fourth-order valence-corrected chi connectivity index (χ4v) is 2.42. The number of carbonyl (C=O) groups excluding carboxylic acids is 1. The molecule has 1 aromatic heterocycles. The molecule has 1 heterocycles. The summed E-state index contributed by atoms with van der Waals surface area (Å²) in [5.41, 5.74) is 1.43. The Morgan fingerprint density at radius 3 is 2.75 bits per heavy atom. The third-order valence-electron chi connectivity index (χ3n) is 2.69. The van der Waals surface area contributed by atoms with Gasteiger partial charge in [0.05, 0.1) is 11.6 Å². The van der Waals surface area contributed by atoms with E-state index in [-0.39, 0.29) is 16.0 Å². The quantitative estimate of drug-likeness (QED) is 0.656. The van der Waals surface area contributed by atoms with Crippen molar-refractivity contribution >= 4 is 34.1 Å². The third kappa shape index (κ3) is 2.78. The number of carbonyl (C=O) groups is 1. The van der Waals surface area contributed by atoms with Crippen LogP contribution in [-0.4, -0.2) is 23.0 Å². The summed E-state index contributed by atoms with van der Waals surface area (Å²) in [6.45, 7) is 1.70. The summed E-state index contributed by atoms with van der Waals surface area (Å²) in [6.07, 6.45) is 0. The Morgan fingerprint density at radius 1 is 1.50 bits per heavy atom. The second kappa shape index (κ2) is 5.80. The van der Waals surface area contributed by atoms with E-state index in [0.717, 1.165) is 0 Å². The van der Waals surface area contributed by atoms with E-state index >= 15 is 0 Å². The van der Waals surface area contributed by atoms with Crippen LogP contribution in [0.3, 0.4) is 0 Å². The average molecular weight is 357 g/mol. The molecule has 0 spiro atoms. The summed E-state index contributed by atoms with van der Waals surface area (Å²) >= 11 is 8.22. The smallest absolute Gasteiger partial charge is 0.342 e. The van der Waals surface area contributed by atoms with E-state index in [1.54, 1.807) is 19.1 Å². The fraction of sp³-hybridized carbons (Fsp3) is 0.154. The number of ether oxygens (including phenoxy) is 1. The molecule has 0 aliphatic rings. The van der Waals surface area contributed by atoms with Crippen LogP contribution in [-0.2, 0) is 4.74 Å². The van der Waals surface area contributed by atoms with Crippen LogP contribution in [0.5, 0.6) is 0 Å². The summed E-state index contributed by atoms with van der Waals surface area (Å²) in [6, 6.07) is 4.48. The van der Waals surface area contributed by atoms with E-state index in [9.17, 15) is 9.18 Å². The summed E-state index contributed by atoms with van der Waals surface area (Å²) in [5, 5.41) is 0. The van der Waals surface area contributed by atoms with Crippen molar-refractivity contribution in [2.24, 2.45) is 0 Å². The van der Waals surface area contributed by atoms with Crippen molar-refractivity contribution in [2.45, 2.75) is 6.92 Å². The van der Waals surface area contributed by atoms with E-state index in [2.05, 4.69) is 30.6 Å². The second-order valence-electron chi connectivity index (χ2n) is 4.01. The molecule has 20 heavy (non-hydrogen) atoms. The number of nitrogens with zero attached hydrogens (tertiary/aromatic N) is 1. The highest BCUT2D eigenvalue weighted by Gasteiger charge is 2.15. The molecule has 0 bridgehead atoms. The van der Waals surface area contributed by atoms with Crippen LogP contribution >= 0.6 is 28.1 Å². The number of aromatic nitrogens is 2. The van der Waals surface area contributed by atoms with Gasteiger partial charge in [-0.1, -0.05) is 12.2 Å². The van der Waals surface area contributed by atoms with Gasteiger partial charge in [-0.2, -0.15) is 0 Å². The zero-order chi connectivity index (χ0) is 14.9. The zero-order valence-electron chi connectivity index (χ0n) is 10.7. The lowest BCUT2D eigenvalue weighted by molar-refractivity contribution is 0.0598. The molecule has 0 saturated heterocycles. The van der Waals surface area contributed by atoms with Crippen molar-refractivity contribution in [3.8, 4) is 11.4 Å². The largest absolute Gasteiger partial charge is 0.465 e. The number of aromatic amines is 1. The van der Waals surface area contributed by atoms with Gasteiger partial charge >= 0.3 is 5.97 Å². The first-order valence-electron chi connectivity index (χ1n) is 5.58. The topological polar surface area (TPSA) is 55.0 Å². The Bertz CT molecular complexity index is 746. The molecule has 0 aliphatic heterocycles. The monoisotopic (exact) mass is 356 g/mol. The molecule has 0 amide bonds. The first-order valence-corrected chi connectivity index (χ1v) is 6.79. The van der Waals surface area contributed by atoms with Crippen LogP contribution in [0, 0.1) is 17.4 Å². The van der Waals surface area contributed by atoms with Gasteiger partial charge in [-0.15, -0.1) is 0 Å². The highest BCUT2D eigenvalue weighted by Crippen LogP contribution is 2.23. The minimum Gasteiger partial charge on any atom is -0.465 e. The summed E-state index contributed by atoms with van der Waals surface area (Å²) in [7, 11) is 1.28. The molecule has 0 radical (unpaired) electrons. The highest BCUT2D eigenvalue weighted by atomic mass is 79.9. The number of aryl methyl sites for hydroxylation is 1. The van der Waals surface area contributed by atoms with Crippen molar-refractivity contribution in [3.63, 3.8) is 0 Å². The van der Waals surface area contributed by atoms with Crippen molar-refractivity contribution in [3.05, 3.63) is 44.4 Å². The van der Waals surface area contributed by atoms with Crippen LogP contribution in [0.4, 0.5) is 4.39 Å². The van der Waals surface area contributed by atoms with Gasteiger partial charge in [-0.3, -0.25) is 0 Å². The maximum atomic E-state index is 13.2. The lowest BCUT2D eigenvalue weighted by atomic mass is 10.2. The number of H-pyrrole nitrogens is 1.